The first kappa shape index (κ1) is 16.7. The SMILES string of the molecule is C=CCOC[C@]12CCCO[C@H]1CCN(C(=O)[C@@H]1CC=CCC1)C2. The van der Waals surface area contributed by atoms with Gasteiger partial charge in [-0.05, 0) is 38.5 Å². The Morgan fingerprint density at radius 1 is 1.43 bits per heavy atom. The number of allylic oxidation sites excluding steroid dienone is 2. The monoisotopic (exact) mass is 319 g/mol. The normalized spacial score (nSPS) is 34.0. The molecule has 0 aromatic rings. The van der Waals surface area contributed by atoms with Crippen molar-refractivity contribution >= 4 is 5.91 Å². The van der Waals surface area contributed by atoms with Crippen LogP contribution in [-0.4, -0.2) is 49.8 Å². The number of carbonyl (C=O) groups excluding carboxylic acids is 1. The highest BCUT2D eigenvalue weighted by Gasteiger charge is 2.47. The van der Waals surface area contributed by atoms with E-state index in [4.69, 9.17) is 9.47 Å². The van der Waals surface area contributed by atoms with Crippen LogP contribution in [0.5, 0.6) is 0 Å². The maximum absolute atomic E-state index is 12.9. The summed E-state index contributed by atoms with van der Waals surface area (Å²) in [5.74, 6) is 0.508. The molecular formula is C19H29NO3. The number of amides is 1. The summed E-state index contributed by atoms with van der Waals surface area (Å²) >= 11 is 0. The molecule has 0 spiro atoms. The summed E-state index contributed by atoms with van der Waals surface area (Å²) in [7, 11) is 0. The average molecular weight is 319 g/mol. The third kappa shape index (κ3) is 3.69. The molecule has 1 amide bonds. The van der Waals surface area contributed by atoms with Gasteiger partial charge in [0, 0.05) is 31.0 Å². The number of nitrogens with zero attached hydrogens (tertiary/aromatic N) is 1. The van der Waals surface area contributed by atoms with E-state index in [-0.39, 0.29) is 17.4 Å². The van der Waals surface area contributed by atoms with Crippen molar-refractivity contribution in [3.63, 3.8) is 0 Å². The Morgan fingerprint density at radius 2 is 2.35 bits per heavy atom. The summed E-state index contributed by atoms with van der Waals surface area (Å²) in [4.78, 5) is 15.0. The summed E-state index contributed by atoms with van der Waals surface area (Å²) in [6.45, 7) is 7.41. The van der Waals surface area contributed by atoms with Gasteiger partial charge in [0.2, 0.25) is 5.91 Å². The smallest absolute Gasteiger partial charge is 0.226 e. The largest absolute Gasteiger partial charge is 0.377 e. The van der Waals surface area contributed by atoms with Crippen molar-refractivity contribution in [1.82, 2.24) is 4.90 Å². The average Bonchev–Trinajstić information content (AvgIpc) is 2.61. The summed E-state index contributed by atoms with van der Waals surface area (Å²) in [6, 6.07) is 0. The Labute approximate surface area is 139 Å². The molecular weight excluding hydrogens is 290 g/mol. The van der Waals surface area contributed by atoms with Crippen molar-refractivity contribution in [3.05, 3.63) is 24.8 Å². The minimum absolute atomic E-state index is 0.0281. The Balaban J connectivity index is 1.68. The molecule has 0 radical (unpaired) electrons. The minimum Gasteiger partial charge on any atom is -0.377 e. The second-order valence-corrected chi connectivity index (χ2v) is 7.16. The number of ether oxygens (including phenoxy) is 2. The van der Waals surface area contributed by atoms with Gasteiger partial charge in [0.15, 0.2) is 0 Å². The van der Waals surface area contributed by atoms with Gasteiger partial charge >= 0.3 is 0 Å². The number of piperidine rings is 1. The van der Waals surface area contributed by atoms with Crippen LogP contribution in [0.1, 0.15) is 38.5 Å². The van der Waals surface area contributed by atoms with Crippen molar-refractivity contribution in [3.8, 4) is 0 Å². The molecule has 0 aromatic carbocycles. The van der Waals surface area contributed by atoms with Gasteiger partial charge in [-0.2, -0.15) is 0 Å². The molecule has 4 nitrogen and oxygen atoms in total. The summed E-state index contributed by atoms with van der Waals surface area (Å²) in [5.41, 5.74) is -0.0281. The van der Waals surface area contributed by atoms with Crippen molar-refractivity contribution < 1.29 is 14.3 Å². The Kier molecular flexibility index (Phi) is 5.54. The highest BCUT2D eigenvalue weighted by molar-refractivity contribution is 5.79. The van der Waals surface area contributed by atoms with Crippen LogP contribution in [0.15, 0.2) is 24.8 Å². The van der Waals surface area contributed by atoms with Crippen LogP contribution in [0.4, 0.5) is 0 Å². The molecule has 0 N–H and O–H groups in total. The molecule has 0 unspecified atom stereocenters. The van der Waals surface area contributed by atoms with Crippen molar-refractivity contribution in [2.24, 2.45) is 11.3 Å². The summed E-state index contributed by atoms with van der Waals surface area (Å²) in [6.07, 6.45) is 12.4. The molecule has 128 valence electrons. The number of rotatable bonds is 5. The first-order chi connectivity index (χ1) is 11.2. The standard InChI is InChI=1S/C19H29NO3/c1-2-12-22-15-19-10-6-13-23-17(19)9-11-20(14-19)18(21)16-7-4-3-5-8-16/h2-4,16-17H,1,5-15H2/t16-,17+,19-/m1/s1. The van der Waals surface area contributed by atoms with Gasteiger partial charge in [0.25, 0.3) is 0 Å². The second-order valence-electron chi connectivity index (χ2n) is 7.16. The van der Waals surface area contributed by atoms with Gasteiger partial charge < -0.3 is 14.4 Å². The van der Waals surface area contributed by atoms with E-state index in [9.17, 15) is 4.79 Å². The lowest BCUT2D eigenvalue weighted by atomic mass is 9.72. The van der Waals surface area contributed by atoms with Crippen LogP contribution in [-0.2, 0) is 14.3 Å². The van der Waals surface area contributed by atoms with E-state index in [1.54, 1.807) is 6.08 Å². The van der Waals surface area contributed by atoms with E-state index in [0.717, 1.165) is 58.2 Å². The number of carbonyl (C=O) groups is 1. The molecule has 0 bridgehead atoms. The second kappa shape index (κ2) is 7.63. The van der Waals surface area contributed by atoms with Crippen LogP contribution in [0.2, 0.25) is 0 Å². The zero-order valence-corrected chi connectivity index (χ0v) is 14.0. The maximum Gasteiger partial charge on any atom is 0.226 e. The molecule has 2 fully saturated rings. The topological polar surface area (TPSA) is 38.8 Å². The fourth-order valence-electron chi connectivity index (χ4n) is 4.31. The third-order valence-corrected chi connectivity index (χ3v) is 5.54. The summed E-state index contributed by atoms with van der Waals surface area (Å²) < 4.78 is 11.8. The van der Waals surface area contributed by atoms with Crippen LogP contribution in [0, 0.1) is 11.3 Å². The molecule has 23 heavy (non-hydrogen) atoms. The molecule has 1 aliphatic carbocycles. The molecule has 3 aliphatic rings. The lowest BCUT2D eigenvalue weighted by molar-refractivity contribution is -0.166. The first-order valence-electron chi connectivity index (χ1n) is 8.99. The third-order valence-electron chi connectivity index (χ3n) is 5.54. The number of hydrogen-bond donors (Lipinski definition) is 0. The van der Waals surface area contributed by atoms with Crippen molar-refractivity contribution in [1.29, 1.82) is 0 Å². The fourth-order valence-corrected chi connectivity index (χ4v) is 4.31. The molecule has 2 saturated heterocycles. The van der Waals surface area contributed by atoms with E-state index in [1.807, 2.05) is 0 Å². The van der Waals surface area contributed by atoms with Gasteiger partial charge in [0.05, 0.1) is 19.3 Å². The highest BCUT2D eigenvalue weighted by Crippen LogP contribution is 2.41. The van der Waals surface area contributed by atoms with Crippen molar-refractivity contribution in [2.75, 3.05) is 32.9 Å². The predicted octanol–water partition coefficient (Wildman–Crippen LogP) is 2.94. The molecule has 4 heteroatoms. The maximum atomic E-state index is 12.9. The Bertz CT molecular complexity index is 462. The molecule has 2 aliphatic heterocycles. The zero-order valence-electron chi connectivity index (χ0n) is 14.0. The van der Waals surface area contributed by atoms with E-state index >= 15 is 0 Å². The predicted molar refractivity (Wildman–Crippen MR) is 90.1 cm³/mol. The van der Waals surface area contributed by atoms with Gasteiger partial charge in [-0.25, -0.2) is 0 Å². The molecule has 2 heterocycles. The molecule has 3 rings (SSSR count). The highest BCUT2D eigenvalue weighted by atomic mass is 16.5. The molecule has 0 aromatic heterocycles. The van der Waals surface area contributed by atoms with E-state index in [2.05, 4.69) is 23.6 Å². The van der Waals surface area contributed by atoms with Crippen LogP contribution < -0.4 is 0 Å². The van der Waals surface area contributed by atoms with Crippen LogP contribution in [0.25, 0.3) is 0 Å². The lowest BCUT2D eigenvalue weighted by Gasteiger charge is -2.50. The lowest BCUT2D eigenvalue weighted by Crippen LogP contribution is -2.58. The van der Waals surface area contributed by atoms with Crippen LogP contribution >= 0.6 is 0 Å². The molecule has 0 saturated carbocycles. The quantitative estimate of drug-likeness (QED) is 0.578. The Hall–Kier alpha value is -1.13. The van der Waals surface area contributed by atoms with Crippen LogP contribution in [0.3, 0.4) is 0 Å². The van der Waals surface area contributed by atoms with Gasteiger partial charge in [-0.3, -0.25) is 4.79 Å². The van der Waals surface area contributed by atoms with Gasteiger partial charge in [-0.1, -0.05) is 18.2 Å². The van der Waals surface area contributed by atoms with Gasteiger partial charge in [0.1, 0.15) is 0 Å². The summed E-state index contributed by atoms with van der Waals surface area (Å²) in [5, 5.41) is 0. The fraction of sp³-hybridized carbons (Fsp3) is 0.737. The minimum atomic E-state index is -0.0281. The van der Waals surface area contributed by atoms with Crippen molar-refractivity contribution in [2.45, 2.75) is 44.6 Å². The van der Waals surface area contributed by atoms with E-state index < -0.39 is 0 Å². The van der Waals surface area contributed by atoms with E-state index in [1.165, 1.54) is 0 Å². The van der Waals surface area contributed by atoms with E-state index in [0.29, 0.717) is 19.1 Å². The molecule has 3 atom stereocenters. The zero-order chi connectivity index (χ0) is 16.1. The Morgan fingerprint density at radius 3 is 3.13 bits per heavy atom. The number of fused-ring (bicyclic) bond motifs is 1. The van der Waals surface area contributed by atoms with Gasteiger partial charge in [-0.15, -0.1) is 6.58 Å². The number of likely N-dealkylation sites (tertiary alicyclic amines) is 1. The first-order valence-corrected chi connectivity index (χ1v) is 8.99. The number of hydrogen-bond acceptors (Lipinski definition) is 3.